The van der Waals surface area contributed by atoms with Gasteiger partial charge in [0.05, 0.1) is 27.8 Å². The first-order valence-electron chi connectivity index (χ1n) is 8.04. The second-order valence-corrected chi connectivity index (χ2v) is 6.70. The molecule has 8 heteroatoms. The van der Waals surface area contributed by atoms with Crippen LogP contribution in [0.5, 0.6) is 0 Å². The summed E-state index contributed by atoms with van der Waals surface area (Å²) in [7, 11) is 0. The Morgan fingerprint density at radius 3 is 2.42 bits per heavy atom. The number of fused-ring (bicyclic) bond motifs is 2. The molecule has 0 spiro atoms. The molecule has 0 atom stereocenters. The van der Waals surface area contributed by atoms with E-state index in [9.17, 15) is 14.4 Å². The number of carbonyl (C=O) groups is 3. The molecule has 3 aromatic rings. The third-order valence-corrected chi connectivity index (χ3v) is 4.92. The van der Waals surface area contributed by atoms with Crippen LogP contribution in [0.2, 0.25) is 0 Å². The topological polar surface area (TPSA) is 92.3 Å². The highest BCUT2D eigenvalue weighted by atomic mass is 32.2. The van der Waals surface area contributed by atoms with Crippen molar-refractivity contribution in [1.29, 1.82) is 0 Å². The van der Waals surface area contributed by atoms with Crippen molar-refractivity contribution in [3.8, 4) is 0 Å². The molecule has 3 amide bonds. The van der Waals surface area contributed by atoms with Gasteiger partial charge in [-0.1, -0.05) is 23.9 Å². The number of hydrogen-bond donors (Lipinski definition) is 1. The van der Waals surface area contributed by atoms with Crippen LogP contribution in [0.3, 0.4) is 0 Å². The molecule has 1 fully saturated rings. The number of aromatic nitrogens is 2. The lowest BCUT2D eigenvalue weighted by molar-refractivity contribution is -0.124. The van der Waals surface area contributed by atoms with Gasteiger partial charge in [-0.15, -0.1) is 0 Å². The SMILES string of the molecule is O=C(NCCN1C(=O)CSC1=O)c1ccc2nc3ccccc3nc2c1. The summed E-state index contributed by atoms with van der Waals surface area (Å²) in [4.78, 5) is 45.6. The minimum absolute atomic E-state index is 0.171. The summed E-state index contributed by atoms with van der Waals surface area (Å²) in [5.74, 6) is -0.333. The van der Waals surface area contributed by atoms with E-state index >= 15 is 0 Å². The lowest BCUT2D eigenvalue weighted by Crippen LogP contribution is -2.37. The van der Waals surface area contributed by atoms with Gasteiger partial charge in [-0.05, 0) is 30.3 Å². The van der Waals surface area contributed by atoms with Crippen molar-refractivity contribution in [3.05, 3.63) is 48.0 Å². The normalized spacial score (nSPS) is 14.4. The molecule has 0 saturated carbocycles. The average molecular weight is 366 g/mol. The molecular formula is C18H14N4O3S. The Hall–Kier alpha value is -3.00. The summed E-state index contributed by atoms with van der Waals surface area (Å²) in [6.07, 6.45) is 0. The van der Waals surface area contributed by atoms with Gasteiger partial charge in [-0.2, -0.15) is 0 Å². The first-order valence-corrected chi connectivity index (χ1v) is 9.02. The zero-order valence-electron chi connectivity index (χ0n) is 13.6. The van der Waals surface area contributed by atoms with Crippen LogP contribution in [-0.2, 0) is 4.79 Å². The summed E-state index contributed by atoms with van der Waals surface area (Å²) in [6.45, 7) is 0.382. The molecule has 0 radical (unpaired) electrons. The van der Waals surface area contributed by atoms with Crippen LogP contribution in [0, 0.1) is 0 Å². The molecule has 1 aliphatic heterocycles. The van der Waals surface area contributed by atoms with Crippen LogP contribution in [0.25, 0.3) is 22.1 Å². The van der Waals surface area contributed by atoms with Crippen molar-refractivity contribution in [1.82, 2.24) is 20.2 Å². The number of hydrogen-bond acceptors (Lipinski definition) is 6. The minimum Gasteiger partial charge on any atom is -0.350 e. The Morgan fingerprint density at radius 2 is 1.73 bits per heavy atom. The molecule has 0 aliphatic carbocycles. The van der Waals surface area contributed by atoms with Crippen molar-refractivity contribution in [2.75, 3.05) is 18.8 Å². The molecule has 4 rings (SSSR count). The summed E-state index contributed by atoms with van der Waals surface area (Å²) < 4.78 is 0. The number of nitrogens with one attached hydrogen (secondary N) is 1. The van der Waals surface area contributed by atoms with Crippen molar-refractivity contribution >= 4 is 50.9 Å². The standard InChI is InChI=1S/C18H14N4O3S/c23-16-10-26-18(25)22(16)8-7-19-17(24)11-5-6-14-15(9-11)21-13-4-2-1-3-12(13)20-14/h1-6,9H,7-8,10H2,(H,19,24). The second-order valence-electron chi connectivity index (χ2n) is 5.77. The lowest BCUT2D eigenvalue weighted by Gasteiger charge is -2.13. The van der Waals surface area contributed by atoms with Crippen molar-refractivity contribution in [3.63, 3.8) is 0 Å². The van der Waals surface area contributed by atoms with Crippen molar-refractivity contribution in [2.24, 2.45) is 0 Å². The Morgan fingerprint density at radius 1 is 1.04 bits per heavy atom. The third kappa shape index (κ3) is 3.11. The number of benzene rings is 2. The van der Waals surface area contributed by atoms with Gasteiger partial charge < -0.3 is 5.32 Å². The number of thioether (sulfide) groups is 1. The van der Waals surface area contributed by atoms with Crippen LogP contribution in [-0.4, -0.2) is 50.8 Å². The summed E-state index contributed by atoms with van der Waals surface area (Å²) in [5.41, 5.74) is 3.37. The number of imide groups is 1. The van der Waals surface area contributed by atoms with E-state index in [4.69, 9.17) is 0 Å². The van der Waals surface area contributed by atoms with Gasteiger partial charge in [-0.3, -0.25) is 19.3 Å². The summed E-state index contributed by atoms with van der Waals surface area (Å²) in [6, 6.07) is 12.7. The number of para-hydroxylation sites is 2. The maximum absolute atomic E-state index is 12.3. The maximum atomic E-state index is 12.3. The Kier molecular flexibility index (Phi) is 4.26. The molecule has 130 valence electrons. The highest BCUT2D eigenvalue weighted by Crippen LogP contribution is 2.18. The Balaban J connectivity index is 1.48. The fraction of sp³-hybridized carbons (Fsp3) is 0.167. The predicted molar refractivity (Wildman–Crippen MR) is 98.9 cm³/mol. The number of rotatable bonds is 4. The van der Waals surface area contributed by atoms with Crippen molar-refractivity contribution in [2.45, 2.75) is 0 Å². The fourth-order valence-corrected chi connectivity index (χ4v) is 3.49. The van der Waals surface area contributed by atoms with Crippen molar-refractivity contribution < 1.29 is 14.4 Å². The molecule has 2 aromatic carbocycles. The van der Waals surface area contributed by atoms with Crippen LogP contribution in [0.1, 0.15) is 10.4 Å². The highest BCUT2D eigenvalue weighted by Gasteiger charge is 2.29. The molecule has 1 N–H and O–H groups in total. The second kappa shape index (κ2) is 6.72. The predicted octanol–water partition coefficient (Wildman–Crippen LogP) is 2.21. The highest BCUT2D eigenvalue weighted by molar-refractivity contribution is 8.14. The van der Waals surface area contributed by atoms with E-state index < -0.39 is 0 Å². The average Bonchev–Trinajstić information content (AvgIpc) is 2.97. The zero-order chi connectivity index (χ0) is 18.1. The molecule has 1 aliphatic rings. The van der Waals surface area contributed by atoms with Gasteiger partial charge >= 0.3 is 0 Å². The Bertz CT molecular complexity index is 1040. The molecule has 2 heterocycles. The van der Waals surface area contributed by atoms with Crippen LogP contribution in [0.15, 0.2) is 42.5 Å². The quantitative estimate of drug-likeness (QED) is 0.712. The van der Waals surface area contributed by atoms with E-state index in [0.717, 1.165) is 27.7 Å². The summed E-state index contributed by atoms with van der Waals surface area (Å²) in [5, 5.41) is 2.46. The molecule has 7 nitrogen and oxygen atoms in total. The number of nitrogens with zero attached hydrogens (tertiary/aromatic N) is 3. The molecule has 1 aromatic heterocycles. The smallest absolute Gasteiger partial charge is 0.288 e. The fourth-order valence-electron chi connectivity index (χ4n) is 2.74. The Labute approximate surface area is 152 Å². The van der Waals surface area contributed by atoms with Crippen LogP contribution < -0.4 is 5.32 Å². The van der Waals surface area contributed by atoms with E-state index in [1.165, 1.54) is 0 Å². The zero-order valence-corrected chi connectivity index (χ0v) is 14.5. The summed E-state index contributed by atoms with van der Waals surface area (Å²) >= 11 is 0.981. The van der Waals surface area contributed by atoms with Gasteiger partial charge in [0.1, 0.15) is 0 Å². The van der Waals surface area contributed by atoms with Crippen LogP contribution >= 0.6 is 11.8 Å². The van der Waals surface area contributed by atoms with Gasteiger partial charge in [0.15, 0.2) is 0 Å². The molecule has 0 bridgehead atoms. The molecule has 1 saturated heterocycles. The van der Waals surface area contributed by atoms with E-state index in [0.29, 0.717) is 16.6 Å². The largest absolute Gasteiger partial charge is 0.350 e. The van der Waals surface area contributed by atoms with Gasteiger partial charge in [0, 0.05) is 18.7 Å². The van der Waals surface area contributed by atoms with E-state index in [1.54, 1.807) is 18.2 Å². The third-order valence-electron chi connectivity index (χ3n) is 4.06. The molecule has 0 unspecified atom stereocenters. The number of carbonyl (C=O) groups excluding carboxylic acids is 3. The maximum Gasteiger partial charge on any atom is 0.288 e. The van der Waals surface area contributed by atoms with Gasteiger partial charge in [0.2, 0.25) is 5.91 Å². The van der Waals surface area contributed by atoms with Gasteiger partial charge in [-0.25, -0.2) is 9.97 Å². The van der Waals surface area contributed by atoms with E-state index in [2.05, 4.69) is 15.3 Å². The monoisotopic (exact) mass is 366 g/mol. The number of amides is 3. The lowest BCUT2D eigenvalue weighted by atomic mass is 10.1. The first-order chi connectivity index (χ1) is 12.6. The molecule has 26 heavy (non-hydrogen) atoms. The van der Waals surface area contributed by atoms with E-state index in [-0.39, 0.29) is 35.9 Å². The van der Waals surface area contributed by atoms with Crippen LogP contribution in [0.4, 0.5) is 4.79 Å². The minimum atomic E-state index is -0.284. The first kappa shape index (κ1) is 16.5. The van der Waals surface area contributed by atoms with Gasteiger partial charge in [0.25, 0.3) is 11.1 Å². The molecular weight excluding hydrogens is 352 g/mol. The van der Waals surface area contributed by atoms with E-state index in [1.807, 2.05) is 24.3 Å².